The van der Waals surface area contributed by atoms with Crippen molar-refractivity contribution in [1.29, 1.82) is 0 Å². The second-order valence-corrected chi connectivity index (χ2v) is 11.0. The zero-order chi connectivity index (χ0) is 18.8. The Balaban J connectivity index is 1.36. The SMILES string of the molecule is C[C@]12CC/C(=C\CC3CNC3)CC1[C@@H](O)C[C@@H]1[C@@H]2CC[C@]2(C)C(=O)CC[C@@H]12. The van der Waals surface area contributed by atoms with E-state index in [1.165, 1.54) is 38.8 Å². The van der Waals surface area contributed by atoms with Gasteiger partial charge in [0.2, 0.25) is 0 Å². The molecular weight excluding hydrogens is 334 g/mol. The smallest absolute Gasteiger partial charge is 0.139 e. The molecule has 4 saturated carbocycles. The van der Waals surface area contributed by atoms with Crippen molar-refractivity contribution in [3.8, 4) is 0 Å². The molecule has 3 nitrogen and oxygen atoms in total. The van der Waals surface area contributed by atoms with Crippen LogP contribution in [0.5, 0.6) is 0 Å². The lowest BCUT2D eigenvalue weighted by Crippen LogP contribution is -2.57. The molecule has 0 aromatic rings. The Hall–Kier alpha value is -0.670. The lowest BCUT2D eigenvalue weighted by molar-refractivity contribution is -0.155. The fourth-order valence-electron chi connectivity index (χ4n) is 7.95. The standard InChI is InChI=1S/C24H37NO2/c1-23-9-7-15(3-4-16-13-25-14-16)11-20(23)21(26)12-17-18-5-6-22(27)24(18,2)10-8-19(17)23/h3,16-21,25-26H,4-14H2,1-2H3/b15-3+/t17-,18-,19-,20?,21-,23+,24-/m0/s1. The monoisotopic (exact) mass is 371 g/mol. The number of Topliss-reactive ketones (excluding diaryl/α,β-unsaturated/α-hetero) is 1. The minimum absolute atomic E-state index is 0.0827. The van der Waals surface area contributed by atoms with Crippen LogP contribution in [-0.2, 0) is 4.79 Å². The molecule has 1 unspecified atom stereocenters. The van der Waals surface area contributed by atoms with E-state index in [-0.39, 0.29) is 16.9 Å². The van der Waals surface area contributed by atoms with E-state index in [0.717, 1.165) is 38.0 Å². The second-order valence-electron chi connectivity index (χ2n) is 11.0. The van der Waals surface area contributed by atoms with Crippen LogP contribution in [-0.4, -0.2) is 30.1 Å². The van der Waals surface area contributed by atoms with Crippen LogP contribution in [0.3, 0.4) is 0 Å². The van der Waals surface area contributed by atoms with Gasteiger partial charge in [-0.05, 0) is 99.5 Å². The van der Waals surface area contributed by atoms with Gasteiger partial charge in [-0.3, -0.25) is 4.79 Å². The summed E-state index contributed by atoms with van der Waals surface area (Å²) in [5, 5.41) is 14.6. The number of ketones is 1. The number of carbonyl (C=O) groups excluding carboxylic acids is 1. The summed E-state index contributed by atoms with van der Waals surface area (Å²) in [7, 11) is 0. The number of hydrogen-bond donors (Lipinski definition) is 2. The third-order valence-electron chi connectivity index (χ3n) is 9.89. The Morgan fingerprint density at radius 3 is 2.67 bits per heavy atom. The molecule has 27 heavy (non-hydrogen) atoms. The van der Waals surface area contributed by atoms with Crippen LogP contribution in [0.1, 0.15) is 71.6 Å². The molecule has 0 spiro atoms. The van der Waals surface area contributed by atoms with Crippen molar-refractivity contribution in [3.05, 3.63) is 11.6 Å². The second kappa shape index (κ2) is 6.42. The predicted octanol–water partition coefficient (Wildman–Crippen LogP) is 4.10. The summed E-state index contributed by atoms with van der Waals surface area (Å²) in [5.41, 5.74) is 1.80. The van der Waals surface area contributed by atoms with Crippen molar-refractivity contribution < 1.29 is 9.90 Å². The number of aliphatic hydroxyl groups excluding tert-OH is 1. The van der Waals surface area contributed by atoms with Crippen LogP contribution < -0.4 is 5.32 Å². The van der Waals surface area contributed by atoms with E-state index in [4.69, 9.17) is 0 Å². The predicted molar refractivity (Wildman–Crippen MR) is 107 cm³/mol. The van der Waals surface area contributed by atoms with E-state index in [1.54, 1.807) is 5.57 Å². The highest BCUT2D eigenvalue weighted by Gasteiger charge is 2.61. The zero-order valence-corrected chi connectivity index (χ0v) is 17.2. The van der Waals surface area contributed by atoms with Crippen molar-refractivity contribution in [1.82, 2.24) is 5.32 Å². The summed E-state index contributed by atoms with van der Waals surface area (Å²) >= 11 is 0. The molecule has 0 aromatic carbocycles. The molecule has 5 aliphatic rings. The average Bonchev–Trinajstić information content (AvgIpc) is 2.90. The Labute approximate surface area is 164 Å². The van der Waals surface area contributed by atoms with E-state index in [9.17, 15) is 9.90 Å². The van der Waals surface area contributed by atoms with Gasteiger partial charge in [0.05, 0.1) is 6.10 Å². The van der Waals surface area contributed by atoms with Crippen LogP contribution in [0.15, 0.2) is 11.6 Å². The van der Waals surface area contributed by atoms with Gasteiger partial charge in [-0.2, -0.15) is 0 Å². The summed E-state index contributed by atoms with van der Waals surface area (Å²) in [4.78, 5) is 12.6. The highest BCUT2D eigenvalue weighted by atomic mass is 16.3. The Kier molecular flexibility index (Phi) is 4.37. The number of aliphatic hydroxyl groups is 1. The number of nitrogens with one attached hydrogen (secondary N) is 1. The van der Waals surface area contributed by atoms with Gasteiger partial charge >= 0.3 is 0 Å². The van der Waals surface area contributed by atoms with E-state index in [1.807, 2.05) is 0 Å². The Morgan fingerprint density at radius 2 is 1.93 bits per heavy atom. The molecule has 1 saturated heterocycles. The third kappa shape index (κ3) is 2.71. The fraction of sp³-hybridized carbons (Fsp3) is 0.875. The molecule has 0 bridgehead atoms. The first-order chi connectivity index (χ1) is 12.9. The van der Waals surface area contributed by atoms with Crippen molar-refractivity contribution >= 4 is 5.78 Å². The molecule has 150 valence electrons. The molecule has 2 N–H and O–H groups in total. The highest BCUT2D eigenvalue weighted by Crippen LogP contribution is 2.65. The van der Waals surface area contributed by atoms with Crippen LogP contribution in [0.4, 0.5) is 0 Å². The Bertz CT molecular complexity index is 653. The zero-order valence-electron chi connectivity index (χ0n) is 17.2. The van der Waals surface area contributed by atoms with Crippen LogP contribution in [0, 0.1) is 40.4 Å². The van der Waals surface area contributed by atoms with Crippen molar-refractivity contribution in [2.24, 2.45) is 40.4 Å². The number of hydrogen-bond acceptors (Lipinski definition) is 3. The van der Waals surface area contributed by atoms with E-state index in [2.05, 4.69) is 25.2 Å². The summed E-state index contributed by atoms with van der Waals surface area (Å²) < 4.78 is 0. The lowest BCUT2D eigenvalue weighted by atomic mass is 9.44. The molecular formula is C24H37NO2. The molecule has 1 heterocycles. The van der Waals surface area contributed by atoms with Gasteiger partial charge in [0.1, 0.15) is 5.78 Å². The van der Waals surface area contributed by atoms with Crippen molar-refractivity contribution in [2.45, 2.75) is 77.7 Å². The van der Waals surface area contributed by atoms with Gasteiger partial charge in [0.15, 0.2) is 0 Å². The molecule has 0 amide bonds. The molecule has 0 radical (unpaired) electrons. The molecule has 7 atom stereocenters. The molecule has 1 aliphatic heterocycles. The fourth-order valence-corrected chi connectivity index (χ4v) is 7.95. The minimum Gasteiger partial charge on any atom is -0.393 e. The van der Waals surface area contributed by atoms with Gasteiger partial charge in [-0.15, -0.1) is 0 Å². The Morgan fingerprint density at radius 1 is 1.11 bits per heavy atom. The van der Waals surface area contributed by atoms with Crippen LogP contribution in [0.25, 0.3) is 0 Å². The van der Waals surface area contributed by atoms with Crippen LogP contribution in [0.2, 0.25) is 0 Å². The molecule has 3 heteroatoms. The first kappa shape index (κ1) is 18.4. The molecule has 4 aliphatic carbocycles. The van der Waals surface area contributed by atoms with Crippen LogP contribution >= 0.6 is 0 Å². The van der Waals surface area contributed by atoms with E-state index >= 15 is 0 Å². The molecule has 5 fully saturated rings. The maximum Gasteiger partial charge on any atom is 0.139 e. The summed E-state index contributed by atoms with van der Waals surface area (Å²) in [6.45, 7) is 7.08. The normalized spacial score (nSPS) is 51.4. The topological polar surface area (TPSA) is 49.3 Å². The molecule has 0 aromatic heterocycles. The van der Waals surface area contributed by atoms with Crippen molar-refractivity contribution in [2.75, 3.05) is 13.1 Å². The number of carbonyl (C=O) groups is 1. The van der Waals surface area contributed by atoms with Crippen molar-refractivity contribution in [3.63, 3.8) is 0 Å². The maximum atomic E-state index is 12.6. The molecule has 5 rings (SSSR count). The first-order valence-electron chi connectivity index (χ1n) is 11.5. The van der Waals surface area contributed by atoms with Gasteiger partial charge in [-0.25, -0.2) is 0 Å². The largest absolute Gasteiger partial charge is 0.393 e. The van der Waals surface area contributed by atoms with Gasteiger partial charge in [0, 0.05) is 11.8 Å². The quantitative estimate of drug-likeness (QED) is 0.718. The number of fused-ring (bicyclic) bond motifs is 5. The van der Waals surface area contributed by atoms with E-state index in [0.29, 0.717) is 29.5 Å². The average molecular weight is 372 g/mol. The van der Waals surface area contributed by atoms with Gasteiger partial charge in [-0.1, -0.05) is 25.5 Å². The van der Waals surface area contributed by atoms with Gasteiger partial charge in [0.25, 0.3) is 0 Å². The summed E-state index contributed by atoms with van der Waals surface area (Å²) in [6.07, 6.45) is 12.2. The first-order valence-corrected chi connectivity index (χ1v) is 11.5. The minimum atomic E-state index is -0.177. The third-order valence-corrected chi connectivity index (χ3v) is 9.89. The summed E-state index contributed by atoms with van der Waals surface area (Å²) in [6, 6.07) is 0. The van der Waals surface area contributed by atoms with Gasteiger partial charge < -0.3 is 10.4 Å². The maximum absolute atomic E-state index is 12.6. The highest BCUT2D eigenvalue weighted by molar-refractivity contribution is 5.87. The number of rotatable bonds is 2. The van der Waals surface area contributed by atoms with E-state index < -0.39 is 0 Å². The lowest BCUT2D eigenvalue weighted by Gasteiger charge is -2.61. The summed E-state index contributed by atoms with van der Waals surface area (Å²) in [5.74, 6) is 3.58. The number of allylic oxidation sites excluding steroid dienone is 2.